The summed E-state index contributed by atoms with van der Waals surface area (Å²) in [6.45, 7) is 5.90. The lowest BCUT2D eigenvalue weighted by molar-refractivity contribution is -0.132. The highest BCUT2D eigenvalue weighted by atomic mass is 32.1. The third kappa shape index (κ3) is 2.91. The third-order valence-electron chi connectivity index (χ3n) is 4.23. The summed E-state index contributed by atoms with van der Waals surface area (Å²) in [7, 11) is 0. The number of thiazole rings is 1. The largest absolute Gasteiger partial charge is 0.494 e. The lowest BCUT2D eigenvalue weighted by Crippen LogP contribution is -2.49. The number of ether oxygens (including phenoxy) is 2. The first kappa shape index (κ1) is 15.3. The standard InChI is InChI=1S/C17H19N3O3S/c1-12-2-3-13-15(10-12)24-17(18-13)20-6-4-19(5-7-20)16(21)14-11-22-8-9-23-14/h2-3,10-11H,4-9H2,1H3. The molecule has 1 aromatic heterocycles. The normalized spacial score (nSPS) is 18.1. The summed E-state index contributed by atoms with van der Waals surface area (Å²) in [6.07, 6.45) is 1.42. The second-order valence-electron chi connectivity index (χ2n) is 5.95. The SMILES string of the molecule is Cc1ccc2nc(N3CCN(C(=O)C4=COCCO4)CC3)sc2c1. The Kier molecular flexibility index (Phi) is 4.02. The predicted molar refractivity (Wildman–Crippen MR) is 93.1 cm³/mol. The van der Waals surface area contributed by atoms with Gasteiger partial charge in [0, 0.05) is 26.2 Å². The maximum Gasteiger partial charge on any atom is 0.292 e. The molecule has 3 heterocycles. The molecule has 2 aliphatic rings. The number of amides is 1. The van der Waals surface area contributed by atoms with Crippen LogP contribution in [0.1, 0.15) is 5.56 Å². The van der Waals surface area contributed by atoms with Crippen LogP contribution in [0.25, 0.3) is 10.2 Å². The van der Waals surface area contributed by atoms with Gasteiger partial charge in [-0.15, -0.1) is 0 Å². The minimum Gasteiger partial charge on any atom is -0.494 e. The number of anilines is 1. The first-order valence-corrected chi connectivity index (χ1v) is 8.88. The second kappa shape index (κ2) is 6.32. The molecule has 2 aromatic rings. The van der Waals surface area contributed by atoms with Crippen LogP contribution in [0.4, 0.5) is 5.13 Å². The van der Waals surface area contributed by atoms with Gasteiger partial charge in [-0.3, -0.25) is 4.79 Å². The zero-order valence-electron chi connectivity index (χ0n) is 13.5. The van der Waals surface area contributed by atoms with E-state index in [-0.39, 0.29) is 5.91 Å². The fraction of sp³-hybridized carbons (Fsp3) is 0.412. The van der Waals surface area contributed by atoms with Crippen molar-refractivity contribution in [3.05, 3.63) is 35.8 Å². The van der Waals surface area contributed by atoms with Crippen LogP contribution in [0.15, 0.2) is 30.2 Å². The fourth-order valence-corrected chi connectivity index (χ4v) is 4.01. The molecule has 6 nitrogen and oxygen atoms in total. The minimum absolute atomic E-state index is 0.0886. The number of benzene rings is 1. The van der Waals surface area contributed by atoms with Gasteiger partial charge in [0.05, 0.1) is 10.2 Å². The second-order valence-corrected chi connectivity index (χ2v) is 6.96. The van der Waals surface area contributed by atoms with Gasteiger partial charge >= 0.3 is 0 Å². The minimum atomic E-state index is -0.0886. The summed E-state index contributed by atoms with van der Waals surface area (Å²) in [4.78, 5) is 21.2. The number of carbonyl (C=O) groups is 1. The molecule has 1 saturated heterocycles. The Bertz CT molecular complexity index is 793. The van der Waals surface area contributed by atoms with Crippen molar-refractivity contribution in [3.8, 4) is 0 Å². The number of carbonyl (C=O) groups excluding carboxylic acids is 1. The van der Waals surface area contributed by atoms with Crippen LogP contribution in [0.2, 0.25) is 0 Å². The van der Waals surface area contributed by atoms with Gasteiger partial charge in [-0.25, -0.2) is 4.98 Å². The van der Waals surface area contributed by atoms with Crippen molar-refractivity contribution in [3.63, 3.8) is 0 Å². The third-order valence-corrected chi connectivity index (χ3v) is 5.31. The monoisotopic (exact) mass is 345 g/mol. The van der Waals surface area contributed by atoms with Gasteiger partial charge in [-0.2, -0.15) is 0 Å². The van der Waals surface area contributed by atoms with Gasteiger partial charge in [-0.1, -0.05) is 17.4 Å². The molecule has 2 aliphatic heterocycles. The van der Waals surface area contributed by atoms with E-state index in [2.05, 4.69) is 30.0 Å². The summed E-state index contributed by atoms with van der Waals surface area (Å²) in [5.41, 5.74) is 2.29. The summed E-state index contributed by atoms with van der Waals surface area (Å²) < 4.78 is 11.8. The number of piperazine rings is 1. The fourth-order valence-electron chi connectivity index (χ4n) is 2.89. The highest BCUT2D eigenvalue weighted by Crippen LogP contribution is 2.30. The first-order valence-electron chi connectivity index (χ1n) is 8.07. The smallest absolute Gasteiger partial charge is 0.292 e. The molecule has 0 N–H and O–H groups in total. The number of aromatic nitrogens is 1. The zero-order valence-corrected chi connectivity index (χ0v) is 14.3. The van der Waals surface area contributed by atoms with Crippen molar-refractivity contribution in [2.24, 2.45) is 0 Å². The topological polar surface area (TPSA) is 54.9 Å². The van der Waals surface area contributed by atoms with Gasteiger partial charge in [0.25, 0.3) is 5.91 Å². The van der Waals surface area contributed by atoms with E-state index in [9.17, 15) is 4.79 Å². The first-order chi connectivity index (χ1) is 11.7. The van der Waals surface area contributed by atoms with Crippen LogP contribution in [0, 0.1) is 6.92 Å². The Morgan fingerprint density at radius 2 is 2.04 bits per heavy atom. The number of aryl methyl sites for hydroxylation is 1. The van der Waals surface area contributed by atoms with Crippen LogP contribution in [0.3, 0.4) is 0 Å². The molecule has 126 valence electrons. The molecule has 0 bridgehead atoms. The molecule has 24 heavy (non-hydrogen) atoms. The Morgan fingerprint density at radius 1 is 1.21 bits per heavy atom. The highest BCUT2D eigenvalue weighted by Gasteiger charge is 2.27. The highest BCUT2D eigenvalue weighted by molar-refractivity contribution is 7.22. The van der Waals surface area contributed by atoms with Crippen LogP contribution in [0.5, 0.6) is 0 Å². The van der Waals surface area contributed by atoms with Crippen LogP contribution in [-0.2, 0) is 14.3 Å². The quantitative estimate of drug-likeness (QED) is 0.835. The van der Waals surface area contributed by atoms with E-state index in [4.69, 9.17) is 14.5 Å². The lowest BCUT2D eigenvalue weighted by atomic mass is 10.2. The average Bonchev–Trinajstić information content (AvgIpc) is 3.05. The van der Waals surface area contributed by atoms with Gasteiger partial charge in [0.2, 0.25) is 5.76 Å². The van der Waals surface area contributed by atoms with Crippen molar-refractivity contribution in [2.45, 2.75) is 6.92 Å². The number of hydrogen-bond acceptors (Lipinski definition) is 6. The lowest BCUT2D eigenvalue weighted by Gasteiger charge is -2.35. The number of hydrogen-bond donors (Lipinski definition) is 0. The van der Waals surface area contributed by atoms with Gasteiger partial charge < -0.3 is 19.3 Å². The van der Waals surface area contributed by atoms with E-state index in [0.717, 1.165) is 23.7 Å². The molecule has 0 radical (unpaired) electrons. The van der Waals surface area contributed by atoms with E-state index in [1.165, 1.54) is 16.5 Å². The summed E-state index contributed by atoms with van der Waals surface area (Å²) in [5, 5.41) is 1.03. The average molecular weight is 345 g/mol. The number of rotatable bonds is 2. The molecule has 1 aromatic carbocycles. The molecular formula is C17H19N3O3S. The van der Waals surface area contributed by atoms with E-state index in [1.807, 2.05) is 4.90 Å². The molecule has 1 fully saturated rings. The van der Waals surface area contributed by atoms with Crippen LogP contribution < -0.4 is 4.90 Å². The number of fused-ring (bicyclic) bond motifs is 1. The van der Waals surface area contributed by atoms with Crippen molar-refractivity contribution in [1.82, 2.24) is 9.88 Å². The Hall–Kier alpha value is -2.28. The summed E-state index contributed by atoms with van der Waals surface area (Å²) in [5.74, 6) is 0.222. The van der Waals surface area contributed by atoms with Gasteiger partial charge in [0.15, 0.2) is 5.13 Å². The van der Waals surface area contributed by atoms with E-state index < -0.39 is 0 Å². The van der Waals surface area contributed by atoms with Gasteiger partial charge in [-0.05, 0) is 24.6 Å². The zero-order chi connectivity index (χ0) is 16.5. The van der Waals surface area contributed by atoms with Crippen molar-refractivity contribution in [1.29, 1.82) is 0 Å². The summed E-state index contributed by atoms with van der Waals surface area (Å²) in [6, 6.07) is 6.32. The van der Waals surface area contributed by atoms with E-state index >= 15 is 0 Å². The molecule has 0 spiro atoms. The maximum absolute atomic E-state index is 12.4. The van der Waals surface area contributed by atoms with Crippen molar-refractivity contribution < 1.29 is 14.3 Å². The number of nitrogens with zero attached hydrogens (tertiary/aromatic N) is 3. The van der Waals surface area contributed by atoms with Crippen molar-refractivity contribution in [2.75, 3.05) is 44.3 Å². The van der Waals surface area contributed by atoms with E-state index in [0.29, 0.717) is 32.1 Å². The predicted octanol–water partition coefficient (Wildman–Crippen LogP) is 2.14. The van der Waals surface area contributed by atoms with Gasteiger partial charge in [0.1, 0.15) is 19.5 Å². The Balaban J connectivity index is 1.43. The van der Waals surface area contributed by atoms with Crippen LogP contribution >= 0.6 is 11.3 Å². The molecular weight excluding hydrogens is 326 g/mol. The molecule has 1 amide bonds. The van der Waals surface area contributed by atoms with Crippen molar-refractivity contribution >= 4 is 32.6 Å². The molecule has 4 rings (SSSR count). The summed E-state index contributed by atoms with van der Waals surface area (Å²) >= 11 is 1.71. The molecule has 7 heteroatoms. The molecule has 0 saturated carbocycles. The molecule has 0 aliphatic carbocycles. The molecule has 0 unspecified atom stereocenters. The molecule has 0 atom stereocenters. The Morgan fingerprint density at radius 3 is 2.79 bits per heavy atom. The Labute approximate surface area is 144 Å². The van der Waals surface area contributed by atoms with Crippen LogP contribution in [-0.4, -0.2) is 55.2 Å². The maximum atomic E-state index is 12.4. The van der Waals surface area contributed by atoms with E-state index in [1.54, 1.807) is 11.3 Å².